The molecule has 0 aliphatic carbocycles. The van der Waals surface area contributed by atoms with Crippen molar-refractivity contribution >= 4 is 5.91 Å². The lowest BCUT2D eigenvalue weighted by Crippen LogP contribution is -2.41. The SMILES string of the molecule is O=C1CC(c2ccc(O)c(O)c2)N1. The first-order valence-electron chi connectivity index (χ1n) is 3.98. The molecule has 0 saturated carbocycles. The fourth-order valence-corrected chi connectivity index (χ4v) is 1.32. The average molecular weight is 179 g/mol. The zero-order valence-corrected chi connectivity index (χ0v) is 6.82. The van der Waals surface area contributed by atoms with Crippen molar-refractivity contribution in [1.29, 1.82) is 0 Å². The normalized spacial score (nSPS) is 20.6. The molecule has 1 atom stereocenters. The lowest BCUT2D eigenvalue weighted by molar-refractivity contribution is -0.128. The predicted octanol–water partition coefficient (Wildman–Crippen LogP) is 0.659. The van der Waals surface area contributed by atoms with E-state index in [1.807, 2.05) is 0 Å². The van der Waals surface area contributed by atoms with Crippen LogP contribution in [0.25, 0.3) is 0 Å². The van der Waals surface area contributed by atoms with Gasteiger partial charge in [0.1, 0.15) is 0 Å². The summed E-state index contributed by atoms with van der Waals surface area (Å²) in [5.74, 6) is -0.286. The molecule has 3 N–H and O–H groups in total. The maximum absolute atomic E-state index is 10.6. The van der Waals surface area contributed by atoms with Crippen LogP contribution in [-0.2, 0) is 4.79 Å². The fraction of sp³-hybridized carbons (Fsp3) is 0.222. The molecule has 1 unspecified atom stereocenters. The number of β-lactam (4-membered cyclic amide) rings is 1. The molecular weight excluding hydrogens is 170 g/mol. The van der Waals surface area contributed by atoms with Crippen LogP contribution < -0.4 is 5.32 Å². The number of benzene rings is 1. The Morgan fingerprint density at radius 3 is 2.54 bits per heavy atom. The number of nitrogens with one attached hydrogen (secondary N) is 1. The number of amides is 1. The van der Waals surface area contributed by atoms with Gasteiger partial charge in [-0.3, -0.25) is 4.79 Å². The van der Waals surface area contributed by atoms with Gasteiger partial charge in [0.2, 0.25) is 5.91 Å². The lowest BCUT2D eigenvalue weighted by Gasteiger charge is -2.27. The second-order valence-corrected chi connectivity index (χ2v) is 3.07. The van der Waals surface area contributed by atoms with Crippen LogP contribution in [0.5, 0.6) is 11.5 Å². The highest BCUT2D eigenvalue weighted by atomic mass is 16.3. The minimum atomic E-state index is -0.154. The zero-order chi connectivity index (χ0) is 9.42. The van der Waals surface area contributed by atoms with Crippen LogP contribution in [0.15, 0.2) is 18.2 Å². The Kier molecular flexibility index (Phi) is 1.62. The molecule has 1 amide bonds. The lowest BCUT2D eigenvalue weighted by atomic mass is 9.97. The Balaban J connectivity index is 2.22. The number of phenols is 2. The highest BCUT2D eigenvalue weighted by Crippen LogP contribution is 2.31. The summed E-state index contributed by atoms with van der Waals surface area (Å²) in [6.07, 6.45) is 0.449. The summed E-state index contributed by atoms with van der Waals surface area (Å²) >= 11 is 0. The van der Waals surface area contributed by atoms with Gasteiger partial charge in [0.15, 0.2) is 11.5 Å². The van der Waals surface area contributed by atoms with Crippen LogP contribution in [0.3, 0.4) is 0 Å². The molecule has 4 heteroatoms. The molecule has 1 aromatic rings. The summed E-state index contributed by atoms with van der Waals surface area (Å²) in [5.41, 5.74) is 0.815. The Morgan fingerprint density at radius 1 is 1.31 bits per heavy atom. The van der Waals surface area contributed by atoms with E-state index in [0.717, 1.165) is 5.56 Å². The van der Waals surface area contributed by atoms with Gasteiger partial charge < -0.3 is 15.5 Å². The summed E-state index contributed by atoms with van der Waals surface area (Å²) in [5, 5.41) is 20.9. The highest BCUT2D eigenvalue weighted by molar-refractivity contribution is 5.83. The third-order valence-corrected chi connectivity index (χ3v) is 2.13. The van der Waals surface area contributed by atoms with Gasteiger partial charge in [-0.15, -0.1) is 0 Å². The van der Waals surface area contributed by atoms with Gasteiger partial charge in [-0.2, -0.15) is 0 Å². The molecule has 0 bridgehead atoms. The third-order valence-electron chi connectivity index (χ3n) is 2.13. The molecule has 0 aromatic heterocycles. The Bertz CT molecular complexity index is 354. The first kappa shape index (κ1) is 7.91. The first-order valence-corrected chi connectivity index (χ1v) is 3.98. The zero-order valence-electron chi connectivity index (χ0n) is 6.82. The van der Waals surface area contributed by atoms with E-state index in [-0.39, 0.29) is 23.4 Å². The van der Waals surface area contributed by atoms with Crippen molar-refractivity contribution in [1.82, 2.24) is 5.32 Å². The van der Waals surface area contributed by atoms with Crippen molar-refractivity contribution in [2.75, 3.05) is 0 Å². The largest absolute Gasteiger partial charge is 0.504 e. The molecule has 1 saturated heterocycles. The smallest absolute Gasteiger partial charge is 0.222 e. The topological polar surface area (TPSA) is 69.6 Å². The fourth-order valence-electron chi connectivity index (χ4n) is 1.32. The summed E-state index contributed by atoms with van der Waals surface area (Å²) in [6, 6.07) is 4.53. The number of carbonyl (C=O) groups excluding carboxylic acids is 1. The molecule has 1 fully saturated rings. The van der Waals surface area contributed by atoms with Crippen molar-refractivity contribution in [2.24, 2.45) is 0 Å². The number of aromatic hydroxyl groups is 2. The van der Waals surface area contributed by atoms with Gasteiger partial charge in [-0.25, -0.2) is 0 Å². The maximum Gasteiger partial charge on any atom is 0.222 e. The molecule has 13 heavy (non-hydrogen) atoms. The van der Waals surface area contributed by atoms with E-state index in [2.05, 4.69) is 5.32 Å². The van der Waals surface area contributed by atoms with E-state index in [1.165, 1.54) is 12.1 Å². The molecule has 0 radical (unpaired) electrons. The van der Waals surface area contributed by atoms with Crippen molar-refractivity contribution in [2.45, 2.75) is 12.5 Å². The summed E-state index contributed by atoms with van der Waals surface area (Å²) < 4.78 is 0. The minimum Gasteiger partial charge on any atom is -0.504 e. The van der Waals surface area contributed by atoms with Crippen molar-refractivity contribution in [3.63, 3.8) is 0 Å². The van der Waals surface area contributed by atoms with Crippen molar-refractivity contribution in [3.05, 3.63) is 23.8 Å². The molecule has 68 valence electrons. The second kappa shape index (κ2) is 2.65. The van der Waals surface area contributed by atoms with Gasteiger partial charge in [0, 0.05) is 0 Å². The van der Waals surface area contributed by atoms with Gasteiger partial charge in [0.25, 0.3) is 0 Å². The van der Waals surface area contributed by atoms with Crippen LogP contribution in [0.4, 0.5) is 0 Å². The van der Waals surface area contributed by atoms with Crippen LogP contribution >= 0.6 is 0 Å². The number of carbonyl (C=O) groups is 1. The van der Waals surface area contributed by atoms with Gasteiger partial charge >= 0.3 is 0 Å². The average Bonchev–Trinajstić information content (AvgIpc) is 2.05. The van der Waals surface area contributed by atoms with E-state index in [1.54, 1.807) is 6.07 Å². The number of hydrogen-bond acceptors (Lipinski definition) is 3. The quantitative estimate of drug-likeness (QED) is 0.438. The first-order chi connectivity index (χ1) is 6.16. The Morgan fingerprint density at radius 2 is 2.00 bits per heavy atom. The number of rotatable bonds is 1. The number of phenolic OH excluding ortho intramolecular Hbond substituents is 2. The van der Waals surface area contributed by atoms with E-state index in [0.29, 0.717) is 6.42 Å². The van der Waals surface area contributed by atoms with E-state index in [9.17, 15) is 9.90 Å². The number of hydrogen-bond donors (Lipinski definition) is 3. The van der Waals surface area contributed by atoms with Crippen molar-refractivity contribution < 1.29 is 15.0 Å². The van der Waals surface area contributed by atoms with Crippen LogP contribution in [0.2, 0.25) is 0 Å². The van der Waals surface area contributed by atoms with Crippen LogP contribution in [0.1, 0.15) is 18.0 Å². The molecule has 2 rings (SSSR count). The van der Waals surface area contributed by atoms with Crippen molar-refractivity contribution in [3.8, 4) is 11.5 Å². The predicted molar refractivity (Wildman–Crippen MR) is 45.3 cm³/mol. The van der Waals surface area contributed by atoms with Crippen LogP contribution in [-0.4, -0.2) is 16.1 Å². The minimum absolute atomic E-state index is 0.0116. The molecular formula is C9H9NO3. The standard InChI is InChI=1S/C9H9NO3/c11-7-2-1-5(3-8(7)12)6-4-9(13)10-6/h1-3,6,11-12H,4H2,(H,10,13). The van der Waals surface area contributed by atoms with E-state index < -0.39 is 0 Å². The molecule has 1 aliphatic heterocycles. The van der Waals surface area contributed by atoms with Gasteiger partial charge in [-0.05, 0) is 17.7 Å². The molecule has 4 nitrogen and oxygen atoms in total. The van der Waals surface area contributed by atoms with E-state index >= 15 is 0 Å². The summed E-state index contributed by atoms with van der Waals surface area (Å²) in [4.78, 5) is 10.6. The van der Waals surface area contributed by atoms with Gasteiger partial charge in [0.05, 0.1) is 12.5 Å². The molecule has 1 aromatic carbocycles. The third kappa shape index (κ3) is 1.30. The second-order valence-electron chi connectivity index (χ2n) is 3.07. The molecule has 1 aliphatic rings. The Hall–Kier alpha value is -1.71. The molecule has 0 spiro atoms. The van der Waals surface area contributed by atoms with Gasteiger partial charge in [-0.1, -0.05) is 6.07 Å². The highest BCUT2D eigenvalue weighted by Gasteiger charge is 2.26. The monoisotopic (exact) mass is 179 g/mol. The Labute approximate surface area is 74.8 Å². The molecule has 1 heterocycles. The van der Waals surface area contributed by atoms with Crippen LogP contribution in [0, 0.1) is 0 Å². The summed E-state index contributed by atoms with van der Waals surface area (Å²) in [7, 11) is 0. The summed E-state index contributed by atoms with van der Waals surface area (Å²) in [6.45, 7) is 0. The van der Waals surface area contributed by atoms with E-state index in [4.69, 9.17) is 5.11 Å². The maximum atomic E-state index is 10.6.